The highest BCUT2D eigenvalue weighted by atomic mass is 35.5. The summed E-state index contributed by atoms with van der Waals surface area (Å²) in [6, 6.07) is 14.7. The van der Waals surface area contributed by atoms with E-state index in [9.17, 15) is 4.79 Å². The van der Waals surface area contributed by atoms with Crippen molar-refractivity contribution in [3.8, 4) is 5.75 Å². The van der Waals surface area contributed by atoms with Crippen LogP contribution >= 0.6 is 11.6 Å². The molecule has 0 spiro atoms. The number of hydrogen-bond acceptors (Lipinski definition) is 2. The minimum Gasteiger partial charge on any atom is -0.487 e. The smallest absolute Gasteiger partial charge is 0.251 e. The average molecular weight is 316 g/mol. The number of carbonyl (C=O) groups is 1. The third-order valence-corrected chi connectivity index (χ3v) is 4.04. The van der Waals surface area contributed by atoms with Crippen molar-refractivity contribution in [1.29, 1.82) is 0 Å². The first-order valence-electron chi connectivity index (χ1n) is 7.29. The van der Waals surface area contributed by atoms with Crippen LogP contribution in [-0.2, 0) is 0 Å². The molecule has 1 amide bonds. The Balaban J connectivity index is 1.85. The molecule has 0 saturated heterocycles. The Morgan fingerprint density at radius 2 is 1.86 bits per heavy atom. The molecule has 1 unspecified atom stereocenters. The Labute approximate surface area is 135 Å². The van der Waals surface area contributed by atoms with Gasteiger partial charge in [0.2, 0.25) is 0 Å². The number of ether oxygens (including phenoxy) is 1. The number of fused-ring (bicyclic) bond motifs is 1. The van der Waals surface area contributed by atoms with Gasteiger partial charge in [-0.25, -0.2) is 0 Å². The van der Waals surface area contributed by atoms with Crippen LogP contribution in [0.1, 0.15) is 42.2 Å². The molecule has 0 radical (unpaired) electrons. The molecule has 1 aliphatic heterocycles. The van der Waals surface area contributed by atoms with E-state index in [-0.39, 0.29) is 17.6 Å². The lowest BCUT2D eigenvalue weighted by atomic mass is 9.89. The van der Waals surface area contributed by atoms with Gasteiger partial charge in [-0.1, -0.05) is 29.8 Å². The third kappa shape index (κ3) is 3.09. The molecule has 0 saturated carbocycles. The van der Waals surface area contributed by atoms with Crippen LogP contribution < -0.4 is 10.1 Å². The van der Waals surface area contributed by atoms with E-state index in [1.807, 2.05) is 38.1 Å². The lowest BCUT2D eigenvalue weighted by Gasteiger charge is -2.37. The summed E-state index contributed by atoms with van der Waals surface area (Å²) < 4.78 is 5.98. The Morgan fingerprint density at radius 3 is 2.59 bits per heavy atom. The van der Waals surface area contributed by atoms with Gasteiger partial charge in [-0.15, -0.1) is 0 Å². The van der Waals surface area contributed by atoms with Gasteiger partial charge in [0, 0.05) is 22.6 Å². The zero-order chi connectivity index (χ0) is 15.7. The molecule has 1 heterocycles. The summed E-state index contributed by atoms with van der Waals surface area (Å²) in [6.45, 7) is 4.06. The Hall–Kier alpha value is -2.00. The van der Waals surface area contributed by atoms with Crippen LogP contribution in [0.4, 0.5) is 0 Å². The maximum atomic E-state index is 12.5. The molecule has 2 aromatic carbocycles. The van der Waals surface area contributed by atoms with Crippen LogP contribution in [0.25, 0.3) is 0 Å². The average Bonchev–Trinajstić information content (AvgIpc) is 2.46. The van der Waals surface area contributed by atoms with Gasteiger partial charge >= 0.3 is 0 Å². The van der Waals surface area contributed by atoms with Crippen molar-refractivity contribution in [3.63, 3.8) is 0 Å². The normalized spacial score (nSPS) is 19.0. The maximum absolute atomic E-state index is 12.5. The molecule has 0 bridgehead atoms. The highest BCUT2D eigenvalue weighted by molar-refractivity contribution is 6.30. The van der Waals surface area contributed by atoms with E-state index in [1.54, 1.807) is 24.3 Å². The van der Waals surface area contributed by atoms with Crippen molar-refractivity contribution < 1.29 is 9.53 Å². The fourth-order valence-electron chi connectivity index (χ4n) is 2.77. The van der Waals surface area contributed by atoms with E-state index in [0.29, 0.717) is 10.6 Å². The van der Waals surface area contributed by atoms with Crippen LogP contribution in [-0.4, -0.2) is 11.5 Å². The zero-order valence-corrected chi connectivity index (χ0v) is 13.4. The Kier molecular flexibility index (Phi) is 3.83. The van der Waals surface area contributed by atoms with Gasteiger partial charge < -0.3 is 10.1 Å². The van der Waals surface area contributed by atoms with E-state index in [4.69, 9.17) is 16.3 Å². The molecule has 1 N–H and O–H groups in total. The number of para-hydroxylation sites is 1. The van der Waals surface area contributed by atoms with Gasteiger partial charge in [-0.2, -0.15) is 0 Å². The van der Waals surface area contributed by atoms with Crippen LogP contribution in [0.2, 0.25) is 5.02 Å². The molecule has 1 aliphatic rings. The minimum atomic E-state index is -0.313. The first-order valence-corrected chi connectivity index (χ1v) is 7.67. The van der Waals surface area contributed by atoms with Gasteiger partial charge in [0.25, 0.3) is 5.91 Å². The van der Waals surface area contributed by atoms with E-state index in [0.717, 1.165) is 17.7 Å². The monoisotopic (exact) mass is 315 g/mol. The topological polar surface area (TPSA) is 38.3 Å². The SMILES string of the molecule is CC1(C)CC(NC(=O)c2ccc(Cl)cc2)c2ccccc2O1. The maximum Gasteiger partial charge on any atom is 0.251 e. The van der Waals surface area contributed by atoms with Crippen LogP contribution in [0, 0.1) is 0 Å². The van der Waals surface area contributed by atoms with Gasteiger partial charge in [0.1, 0.15) is 11.4 Å². The molecule has 114 valence electrons. The van der Waals surface area contributed by atoms with E-state index in [2.05, 4.69) is 5.32 Å². The molecular weight excluding hydrogens is 298 g/mol. The molecule has 1 atom stereocenters. The Bertz CT molecular complexity index is 694. The van der Waals surface area contributed by atoms with Crippen molar-refractivity contribution in [2.24, 2.45) is 0 Å². The van der Waals surface area contributed by atoms with Gasteiger partial charge in [-0.3, -0.25) is 4.79 Å². The quantitative estimate of drug-likeness (QED) is 0.893. The second-order valence-corrected chi connectivity index (χ2v) is 6.57. The first-order chi connectivity index (χ1) is 10.4. The van der Waals surface area contributed by atoms with Crippen LogP contribution in [0.15, 0.2) is 48.5 Å². The van der Waals surface area contributed by atoms with E-state index < -0.39 is 0 Å². The molecule has 3 nitrogen and oxygen atoms in total. The molecule has 3 rings (SSSR count). The number of carbonyl (C=O) groups excluding carboxylic acids is 1. The van der Waals surface area contributed by atoms with Crippen molar-refractivity contribution in [2.45, 2.75) is 31.9 Å². The summed E-state index contributed by atoms with van der Waals surface area (Å²) in [6.07, 6.45) is 0.726. The van der Waals surface area contributed by atoms with Gasteiger partial charge in [0.05, 0.1) is 6.04 Å². The van der Waals surface area contributed by atoms with Crippen molar-refractivity contribution in [2.75, 3.05) is 0 Å². The minimum absolute atomic E-state index is 0.0665. The van der Waals surface area contributed by atoms with E-state index >= 15 is 0 Å². The first kappa shape index (κ1) is 14.9. The van der Waals surface area contributed by atoms with Crippen LogP contribution in [0.5, 0.6) is 5.75 Å². The standard InChI is InChI=1S/C18H18ClNO2/c1-18(2)11-15(14-5-3-4-6-16(14)22-18)20-17(21)12-7-9-13(19)10-8-12/h3-10,15H,11H2,1-2H3,(H,20,21). The number of halogens is 1. The summed E-state index contributed by atoms with van der Waals surface area (Å²) in [5.41, 5.74) is 1.31. The van der Waals surface area contributed by atoms with Crippen molar-refractivity contribution >= 4 is 17.5 Å². The summed E-state index contributed by atoms with van der Waals surface area (Å²) in [5, 5.41) is 3.72. The lowest BCUT2D eigenvalue weighted by Crippen LogP contribution is -2.41. The molecular formula is C18H18ClNO2. The molecule has 22 heavy (non-hydrogen) atoms. The molecule has 4 heteroatoms. The zero-order valence-electron chi connectivity index (χ0n) is 12.6. The molecule has 0 aliphatic carbocycles. The highest BCUT2D eigenvalue weighted by Gasteiger charge is 2.34. The number of rotatable bonds is 2. The van der Waals surface area contributed by atoms with Gasteiger partial charge in [-0.05, 0) is 44.2 Å². The van der Waals surface area contributed by atoms with Crippen molar-refractivity contribution in [3.05, 3.63) is 64.7 Å². The predicted octanol–water partition coefficient (Wildman–Crippen LogP) is 4.37. The predicted molar refractivity (Wildman–Crippen MR) is 87.4 cm³/mol. The van der Waals surface area contributed by atoms with E-state index in [1.165, 1.54) is 0 Å². The number of benzene rings is 2. The second kappa shape index (κ2) is 5.65. The summed E-state index contributed by atoms with van der Waals surface area (Å²) in [5.74, 6) is 0.731. The summed E-state index contributed by atoms with van der Waals surface area (Å²) in [7, 11) is 0. The second-order valence-electron chi connectivity index (χ2n) is 6.14. The number of nitrogens with one attached hydrogen (secondary N) is 1. The number of hydrogen-bond donors (Lipinski definition) is 1. The molecule has 2 aromatic rings. The largest absolute Gasteiger partial charge is 0.487 e. The summed E-state index contributed by atoms with van der Waals surface area (Å²) >= 11 is 5.86. The molecule has 0 aromatic heterocycles. The van der Waals surface area contributed by atoms with Gasteiger partial charge in [0.15, 0.2) is 0 Å². The fourth-order valence-corrected chi connectivity index (χ4v) is 2.90. The lowest BCUT2D eigenvalue weighted by molar-refractivity contribution is 0.0620. The number of amides is 1. The molecule has 0 fully saturated rings. The third-order valence-electron chi connectivity index (χ3n) is 3.79. The van der Waals surface area contributed by atoms with Crippen molar-refractivity contribution in [1.82, 2.24) is 5.32 Å². The summed E-state index contributed by atoms with van der Waals surface area (Å²) in [4.78, 5) is 12.5. The fraction of sp³-hybridized carbons (Fsp3) is 0.278. The van der Waals surface area contributed by atoms with Crippen LogP contribution in [0.3, 0.4) is 0 Å². The Morgan fingerprint density at radius 1 is 1.18 bits per heavy atom. The highest BCUT2D eigenvalue weighted by Crippen LogP contribution is 2.39.